The van der Waals surface area contributed by atoms with Crippen molar-refractivity contribution >= 4 is 5.91 Å². The molecular weight excluding hydrogens is 286 g/mol. The van der Waals surface area contributed by atoms with Crippen LogP contribution in [0.2, 0.25) is 0 Å². The number of hydrogen-bond donors (Lipinski definition) is 1. The number of rotatable bonds is 6. The normalized spacial score (nSPS) is 20.5. The van der Waals surface area contributed by atoms with Crippen molar-refractivity contribution in [1.29, 1.82) is 0 Å². The molecule has 0 spiro atoms. The van der Waals surface area contributed by atoms with Gasteiger partial charge in [0.05, 0.1) is 6.04 Å². The molecule has 1 fully saturated rings. The Morgan fingerprint density at radius 2 is 2.00 bits per heavy atom. The van der Waals surface area contributed by atoms with Gasteiger partial charge in [-0.3, -0.25) is 9.69 Å². The molecular formula is C19H31N3O. The second-order valence-electron chi connectivity index (χ2n) is 7.09. The van der Waals surface area contributed by atoms with Gasteiger partial charge < -0.3 is 10.6 Å². The molecule has 4 heteroatoms. The molecule has 1 aromatic rings. The summed E-state index contributed by atoms with van der Waals surface area (Å²) in [5.74, 6) is 0.238. The Kier molecular flexibility index (Phi) is 6.60. The molecule has 0 saturated carbocycles. The number of piperidine rings is 1. The maximum absolute atomic E-state index is 12.4. The maximum atomic E-state index is 12.4. The Labute approximate surface area is 140 Å². The number of likely N-dealkylation sites (tertiary alicyclic amines) is 1. The van der Waals surface area contributed by atoms with Crippen LogP contribution in [0.4, 0.5) is 0 Å². The van der Waals surface area contributed by atoms with E-state index in [0.29, 0.717) is 6.04 Å². The lowest BCUT2D eigenvalue weighted by molar-refractivity contribution is -0.133. The highest BCUT2D eigenvalue weighted by Gasteiger charge is 2.27. The highest BCUT2D eigenvalue weighted by atomic mass is 16.2. The van der Waals surface area contributed by atoms with Crippen molar-refractivity contribution in [2.75, 3.05) is 20.1 Å². The van der Waals surface area contributed by atoms with Gasteiger partial charge in [-0.25, -0.2) is 0 Å². The van der Waals surface area contributed by atoms with E-state index in [1.807, 2.05) is 25.8 Å². The molecule has 2 N–H and O–H groups in total. The van der Waals surface area contributed by atoms with Gasteiger partial charge in [0.15, 0.2) is 0 Å². The average molecular weight is 317 g/mol. The molecule has 2 rings (SSSR count). The predicted molar refractivity (Wildman–Crippen MR) is 94.9 cm³/mol. The number of amides is 1. The lowest BCUT2D eigenvalue weighted by Crippen LogP contribution is -2.51. The number of carbonyl (C=O) groups is 1. The highest BCUT2D eigenvalue weighted by molar-refractivity contribution is 5.81. The smallest absolute Gasteiger partial charge is 0.239 e. The second-order valence-corrected chi connectivity index (χ2v) is 7.09. The molecule has 1 aliphatic rings. The number of carbonyl (C=O) groups excluding carboxylic acids is 1. The van der Waals surface area contributed by atoms with E-state index in [0.717, 1.165) is 26.1 Å². The van der Waals surface area contributed by atoms with Gasteiger partial charge in [-0.15, -0.1) is 0 Å². The summed E-state index contributed by atoms with van der Waals surface area (Å²) < 4.78 is 0. The first-order valence-corrected chi connectivity index (χ1v) is 8.77. The van der Waals surface area contributed by atoms with E-state index >= 15 is 0 Å². The van der Waals surface area contributed by atoms with Crippen molar-refractivity contribution in [3.05, 3.63) is 35.9 Å². The molecule has 1 aromatic carbocycles. The molecule has 0 aromatic heterocycles. The predicted octanol–water partition coefficient (Wildman–Crippen LogP) is 2.48. The van der Waals surface area contributed by atoms with Crippen LogP contribution < -0.4 is 5.73 Å². The molecule has 0 bridgehead atoms. The fraction of sp³-hybridized carbons (Fsp3) is 0.632. The van der Waals surface area contributed by atoms with Crippen LogP contribution in [-0.4, -0.2) is 47.9 Å². The molecule has 4 nitrogen and oxygen atoms in total. The quantitative estimate of drug-likeness (QED) is 0.877. The van der Waals surface area contributed by atoms with Gasteiger partial charge in [0, 0.05) is 26.2 Å². The lowest BCUT2D eigenvalue weighted by Gasteiger charge is -2.38. The summed E-state index contributed by atoms with van der Waals surface area (Å²) in [7, 11) is 1.89. The number of nitrogens with zero attached hydrogens (tertiary/aromatic N) is 2. The zero-order valence-corrected chi connectivity index (χ0v) is 14.7. The van der Waals surface area contributed by atoms with Crippen molar-refractivity contribution in [3.63, 3.8) is 0 Å². The summed E-state index contributed by atoms with van der Waals surface area (Å²) in [5.41, 5.74) is 7.36. The summed E-state index contributed by atoms with van der Waals surface area (Å²) in [6.45, 7) is 6.84. The number of benzene rings is 1. The summed E-state index contributed by atoms with van der Waals surface area (Å²) in [4.78, 5) is 16.8. The van der Waals surface area contributed by atoms with Crippen molar-refractivity contribution in [2.45, 2.75) is 51.7 Å². The Bertz CT molecular complexity index is 489. The van der Waals surface area contributed by atoms with Crippen molar-refractivity contribution in [1.82, 2.24) is 9.80 Å². The van der Waals surface area contributed by atoms with Crippen LogP contribution in [-0.2, 0) is 11.3 Å². The van der Waals surface area contributed by atoms with Gasteiger partial charge in [0.25, 0.3) is 0 Å². The topological polar surface area (TPSA) is 49.6 Å². The molecule has 1 amide bonds. The van der Waals surface area contributed by atoms with Gasteiger partial charge in [-0.2, -0.15) is 0 Å². The highest BCUT2D eigenvalue weighted by Crippen LogP contribution is 2.20. The lowest BCUT2D eigenvalue weighted by atomic mass is 9.99. The van der Waals surface area contributed by atoms with Crippen LogP contribution in [0, 0.1) is 5.92 Å². The minimum atomic E-state index is -0.397. The first kappa shape index (κ1) is 18.0. The molecule has 2 atom stereocenters. The zero-order valence-electron chi connectivity index (χ0n) is 14.7. The van der Waals surface area contributed by atoms with Crippen molar-refractivity contribution < 1.29 is 4.79 Å². The zero-order chi connectivity index (χ0) is 16.8. The molecule has 23 heavy (non-hydrogen) atoms. The Balaban J connectivity index is 1.97. The van der Waals surface area contributed by atoms with E-state index in [1.54, 1.807) is 0 Å². The largest absolute Gasteiger partial charge is 0.343 e. The Morgan fingerprint density at radius 1 is 1.30 bits per heavy atom. The van der Waals surface area contributed by atoms with E-state index < -0.39 is 6.04 Å². The first-order valence-electron chi connectivity index (χ1n) is 8.77. The fourth-order valence-electron chi connectivity index (χ4n) is 3.24. The average Bonchev–Trinajstić information content (AvgIpc) is 2.56. The van der Waals surface area contributed by atoms with E-state index in [2.05, 4.69) is 35.2 Å². The second kappa shape index (κ2) is 8.46. The van der Waals surface area contributed by atoms with E-state index in [9.17, 15) is 4.79 Å². The summed E-state index contributed by atoms with van der Waals surface area (Å²) >= 11 is 0. The standard InChI is InChI=1S/C19H31N3O/c1-15(2)18(20)19(23)21(3)14-17-11-7-8-12-22(17)13-16-9-5-4-6-10-16/h4-6,9-10,15,17-18H,7-8,11-14,20H2,1-3H3/t17?,18-/m0/s1. The summed E-state index contributed by atoms with van der Waals surface area (Å²) in [6.07, 6.45) is 3.64. The monoisotopic (exact) mass is 317 g/mol. The fourth-order valence-corrected chi connectivity index (χ4v) is 3.24. The van der Waals surface area contributed by atoms with Gasteiger partial charge in [0.1, 0.15) is 0 Å². The van der Waals surface area contributed by atoms with E-state index in [4.69, 9.17) is 5.73 Å². The van der Waals surface area contributed by atoms with Crippen LogP contribution in [0.5, 0.6) is 0 Å². The third-order valence-electron chi connectivity index (χ3n) is 4.84. The van der Waals surface area contributed by atoms with Crippen molar-refractivity contribution in [3.8, 4) is 0 Å². The van der Waals surface area contributed by atoms with Gasteiger partial charge in [-0.05, 0) is 30.9 Å². The third-order valence-corrected chi connectivity index (χ3v) is 4.84. The number of hydrogen-bond acceptors (Lipinski definition) is 3. The Morgan fingerprint density at radius 3 is 2.65 bits per heavy atom. The minimum Gasteiger partial charge on any atom is -0.343 e. The van der Waals surface area contributed by atoms with E-state index in [1.165, 1.54) is 18.4 Å². The molecule has 1 unspecified atom stereocenters. The molecule has 1 saturated heterocycles. The SMILES string of the molecule is CC(C)[C@H](N)C(=O)N(C)CC1CCCCN1Cc1ccccc1. The van der Waals surface area contributed by atoms with Crippen molar-refractivity contribution in [2.24, 2.45) is 11.7 Å². The minimum absolute atomic E-state index is 0.0604. The third kappa shape index (κ3) is 5.05. The van der Waals surface area contributed by atoms with Crippen LogP contribution in [0.1, 0.15) is 38.7 Å². The number of nitrogens with two attached hydrogens (primary N) is 1. The van der Waals surface area contributed by atoms with Crippen LogP contribution in [0.3, 0.4) is 0 Å². The van der Waals surface area contributed by atoms with Gasteiger partial charge >= 0.3 is 0 Å². The molecule has 0 radical (unpaired) electrons. The summed E-state index contributed by atoms with van der Waals surface area (Å²) in [6, 6.07) is 10.6. The molecule has 1 aliphatic heterocycles. The molecule has 0 aliphatic carbocycles. The van der Waals surface area contributed by atoms with Crippen LogP contribution >= 0.6 is 0 Å². The first-order chi connectivity index (χ1) is 11.0. The molecule has 128 valence electrons. The Hall–Kier alpha value is -1.39. The van der Waals surface area contributed by atoms with Crippen LogP contribution in [0.15, 0.2) is 30.3 Å². The maximum Gasteiger partial charge on any atom is 0.239 e. The van der Waals surface area contributed by atoms with Gasteiger partial charge in [0.2, 0.25) is 5.91 Å². The summed E-state index contributed by atoms with van der Waals surface area (Å²) in [5, 5.41) is 0. The van der Waals surface area contributed by atoms with E-state index in [-0.39, 0.29) is 11.8 Å². The molecule has 1 heterocycles. The number of likely N-dealkylation sites (N-methyl/N-ethyl adjacent to an activating group) is 1. The van der Waals surface area contributed by atoms with Crippen LogP contribution in [0.25, 0.3) is 0 Å². The van der Waals surface area contributed by atoms with Gasteiger partial charge in [-0.1, -0.05) is 50.6 Å².